The summed E-state index contributed by atoms with van der Waals surface area (Å²) in [7, 11) is 0. The summed E-state index contributed by atoms with van der Waals surface area (Å²) in [6.07, 6.45) is 1.63. The Morgan fingerprint density at radius 3 is 2.69 bits per heavy atom. The molecule has 0 aliphatic carbocycles. The van der Waals surface area contributed by atoms with Crippen molar-refractivity contribution < 1.29 is 22.2 Å². The van der Waals surface area contributed by atoms with Crippen molar-refractivity contribution in [3.05, 3.63) is 29.8 Å². The molecule has 0 fully saturated rings. The first-order valence-corrected chi connectivity index (χ1v) is 3.82. The van der Waals surface area contributed by atoms with Crippen LogP contribution in [0.3, 0.4) is 0 Å². The molecular weight excluding hydrogens is 207 g/mol. The molecule has 0 saturated carbocycles. The quantitative estimate of drug-likeness (QED) is 0.582. The number of hydrogen-bond donors (Lipinski definition) is 2. The number of para-hydroxylation sites is 1. The molecule has 3 N–H and O–H groups in total. The number of benzene rings is 1. The predicted octanol–water partition coefficient (Wildman–Crippen LogP) is 0.767. The normalized spacial score (nSPS) is 9.92. The van der Waals surface area contributed by atoms with E-state index in [-0.39, 0.29) is 22.8 Å². The van der Waals surface area contributed by atoms with Crippen LogP contribution in [0, 0.1) is 0 Å². The molecule has 0 saturated heterocycles. The van der Waals surface area contributed by atoms with Gasteiger partial charge in [0, 0.05) is 18.3 Å². The minimum atomic E-state index is 0. The molecule has 1 rings (SSSR count). The van der Waals surface area contributed by atoms with Crippen LogP contribution in [0.1, 0.15) is 5.56 Å². The molecule has 1 aromatic carbocycles. The molecule has 0 unspecified atom stereocenters. The van der Waals surface area contributed by atoms with Crippen molar-refractivity contribution in [1.29, 1.82) is 0 Å². The zero-order valence-corrected chi connectivity index (χ0v) is 8.33. The predicted molar refractivity (Wildman–Crippen MR) is 49.6 cm³/mol. The Kier molecular flexibility index (Phi) is 6.23. The van der Waals surface area contributed by atoms with Crippen LogP contribution in [0.2, 0.25) is 0 Å². The van der Waals surface area contributed by atoms with Crippen molar-refractivity contribution in [2.45, 2.75) is 0 Å². The Morgan fingerprint density at radius 2 is 2.08 bits per heavy atom. The number of rotatable bonds is 3. The summed E-state index contributed by atoms with van der Waals surface area (Å²) in [5.74, 6) is 0.248. The molecule has 3 nitrogen and oxygen atoms in total. The SMILES string of the molecule is NCCN=Cc1ccccc1O.[Mn+3]. The Bertz CT molecular complexity index is 276. The van der Waals surface area contributed by atoms with Crippen LogP contribution >= 0.6 is 0 Å². The third-order valence-electron chi connectivity index (χ3n) is 1.43. The van der Waals surface area contributed by atoms with Crippen LogP contribution < -0.4 is 5.73 Å². The number of phenols is 1. The molecule has 0 aliphatic rings. The summed E-state index contributed by atoms with van der Waals surface area (Å²) in [6, 6.07) is 7.05. The van der Waals surface area contributed by atoms with E-state index < -0.39 is 0 Å². The van der Waals surface area contributed by atoms with Gasteiger partial charge in [0.25, 0.3) is 0 Å². The van der Waals surface area contributed by atoms with E-state index in [4.69, 9.17) is 5.73 Å². The van der Waals surface area contributed by atoms with Gasteiger partial charge >= 0.3 is 17.1 Å². The second-order valence-electron chi connectivity index (χ2n) is 2.38. The topological polar surface area (TPSA) is 58.6 Å². The van der Waals surface area contributed by atoms with Crippen LogP contribution in [-0.4, -0.2) is 24.4 Å². The van der Waals surface area contributed by atoms with Crippen molar-refractivity contribution in [2.24, 2.45) is 10.7 Å². The molecule has 68 valence electrons. The molecule has 0 heterocycles. The maximum Gasteiger partial charge on any atom is 3.00 e. The number of aromatic hydroxyl groups is 1. The first kappa shape index (κ1) is 12.2. The summed E-state index contributed by atoms with van der Waals surface area (Å²) in [6.45, 7) is 1.12. The Hall–Kier alpha value is -0.831. The molecule has 0 atom stereocenters. The average molecular weight is 219 g/mol. The fraction of sp³-hybridized carbons (Fsp3) is 0.222. The van der Waals surface area contributed by atoms with Crippen molar-refractivity contribution in [1.82, 2.24) is 0 Å². The van der Waals surface area contributed by atoms with Crippen LogP contribution in [0.4, 0.5) is 0 Å². The molecule has 0 radical (unpaired) electrons. The van der Waals surface area contributed by atoms with Gasteiger partial charge in [-0.15, -0.1) is 0 Å². The van der Waals surface area contributed by atoms with Crippen LogP contribution in [0.15, 0.2) is 29.3 Å². The van der Waals surface area contributed by atoms with E-state index in [0.29, 0.717) is 13.1 Å². The summed E-state index contributed by atoms with van der Waals surface area (Å²) in [5.41, 5.74) is 5.98. The van der Waals surface area contributed by atoms with Crippen LogP contribution in [0.25, 0.3) is 0 Å². The van der Waals surface area contributed by atoms with Gasteiger partial charge in [-0.1, -0.05) is 12.1 Å². The minimum Gasteiger partial charge on any atom is -0.507 e. The zero-order valence-electron chi connectivity index (χ0n) is 7.15. The second-order valence-corrected chi connectivity index (χ2v) is 2.38. The minimum absolute atomic E-state index is 0. The van der Waals surface area contributed by atoms with Gasteiger partial charge in [0.2, 0.25) is 0 Å². The van der Waals surface area contributed by atoms with Crippen molar-refractivity contribution >= 4 is 6.21 Å². The van der Waals surface area contributed by atoms with E-state index in [2.05, 4.69) is 4.99 Å². The third-order valence-corrected chi connectivity index (χ3v) is 1.43. The van der Waals surface area contributed by atoms with E-state index >= 15 is 0 Å². The maximum absolute atomic E-state index is 9.29. The summed E-state index contributed by atoms with van der Waals surface area (Å²) in [5, 5.41) is 9.29. The summed E-state index contributed by atoms with van der Waals surface area (Å²) >= 11 is 0. The molecule has 0 aromatic heterocycles. The van der Waals surface area contributed by atoms with Gasteiger partial charge in [-0.2, -0.15) is 0 Å². The second kappa shape index (κ2) is 6.66. The number of nitrogens with zero attached hydrogens (tertiary/aromatic N) is 1. The van der Waals surface area contributed by atoms with E-state index in [1.807, 2.05) is 6.07 Å². The molecular formula is C9H12MnN2O+3. The smallest absolute Gasteiger partial charge is 0.507 e. The van der Waals surface area contributed by atoms with Gasteiger partial charge in [0.1, 0.15) is 5.75 Å². The fourth-order valence-electron chi connectivity index (χ4n) is 0.834. The number of hydrogen-bond acceptors (Lipinski definition) is 3. The Labute approximate surface area is 88.2 Å². The van der Waals surface area contributed by atoms with E-state index in [9.17, 15) is 5.11 Å². The molecule has 1 aromatic rings. The Balaban J connectivity index is 0.00000144. The van der Waals surface area contributed by atoms with Crippen molar-refractivity contribution in [3.8, 4) is 5.75 Å². The fourth-order valence-corrected chi connectivity index (χ4v) is 0.834. The van der Waals surface area contributed by atoms with E-state index in [1.165, 1.54) is 0 Å². The standard InChI is InChI=1S/C9H12N2O.Mn/c10-5-6-11-7-8-3-1-2-4-9(8)12;/h1-4,7,12H,5-6,10H2;/q;+3. The average Bonchev–Trinajstić information content (AvgIpc) is 2.09. The molecule has 13 heavy (non-hydrogen) atoms. The number of aliphatic imine (C=N–C) groups is 1. The summed E-state index contributed by atoms with van der Waals surface area (Å²) < 4.78 is 0. The zero-order chi connectivity index (χ0) is 8.81. The van der Waals surface area contributed by atoms with E-state index in [0.717, 1.165) is 5.56 Å². The largest absolute Gasteiger partial charge is 3.00 e. The van der Waals surface area contributed by atoms with Gasteiger partial charge in [-0.3, -0.25) is 4.99 Å². The number of phenolic OH excluding ortho intramolecular Hbond substituents is 1. The Morgan fingerprint density at radius 1 is 1.38 bits per heavy atom. The first-order chi connectivity index (χ1) is 5.84. The monoisotopic (exact) mass is 219 g/mol. The third kappa shape index (κ3) is 4.08. The maximum atomic E-state index is 9.29. The van der Waals surface area contributed by atoms with Gasteiger partial charge in [-0.05, 0) is 12.1 Å². The van der Waals surface area contributed by atoms with Gasteiger partial charge in [-0.25, -0.2) is 0 Å². The number of nitrogens with two attached hydrogens (primary N) is 1. The van der Waals surface area contributed by atoms with Crippen molar-refractivity contribution in [2.75, 3.05) is 13.1 Å². The van der Waals surface area contributed by atoms with Crippen molar-refractivity contribution in [3.63, 3.8) is 0 Å². The van der Waals surface area contributed by atoms with Gasteiger partial charge < -0.3 is 10.8 Å². The first-order valence-electron chi connectivity index (χ1n) is 3.82. The molecule has 0 bridgehead atoms. The molecule has 0 amide bonds. The molecule has 0 spiro atoms. The van der Waals surface area contributed by atoms with Gasteiger partial charge in [0.15, 0.2) is 0 Å². The molecule has 4 heteroatoms. The van der Waals surface area contributed by atoms with Gasteiger partial charge in [0.05, 0.1) is 6.54 Å². The van der Waals surface area contributed by atoms with E-state index in [1.54, 1.807) is 24.4 Å². The van der Waals surface area contributed by atoms with Crippen LogP contribution in [0.5, 0.6) is 5.75 Å². The summed E-state index contributed by atoms with van der Waals surface area (Å²) in [4.78, 5) is 4.01. The molecule has 0 aliphatic heterocycles. The van der Waals surface area contributed by atoms with Crippen LogP contribution in [-0.2, 0) is 17.1 Å².